The lowest BCUT2D eigenvalue weighted by atomic mass is 10.3. The minimum Gasteiger partial charge on any atom is -0.297 e. The first kappa shape index (κ1) is 9.40. The Morgan fingerprint density at radius 3 is 2.79 bits per heavy atom. The molecule has 5 heteroatoms. The molecule has 0 aromatic carbocycles. The van der Waals surface area contributed by atoms with Gasteiger partial charge in [0.25, 0.3) is 6.43 Å². The van der Waals surface area contributed by atoms with Crippen molar-refractivity contribution in [2.75, 3.05) is 0 Å². The molecule has 0 aliphatic heterocycles. The summed E-state index contributed by atoms with van der Waals surface area (Å²) in [6, 6.07) is 3.24. The zero-order valence-corrected chi connectivity index (χ0v) is 8.09. The number of hydrogen-bond acceptors (Lipinski definition) is 1. The normalized spacial score (nSPS) is 11.5. The number of imidazole rings is 1. The van der Waals surface area contributed by atoms with Gasteiger partial charge in [-0.05, 0) is 19.1 Å². The third-order valence-corrected chi connectivity index (χ3v) is 2.23. The molecule has 0 fully saturated rings. The Morgan fingerprint density at radius 2 is 2.14 bits per heavy atom. The fourth-order valence-corrected chi connectivity index (χ4v) is 1.58. The minimum absolute atomic E-state index is 0.0949. The molecule has 0 unspecified atom stereocenters. The van der Waals surface area contributed by atoms with Crippen LogP contribution in [0.25, 0.3) is 5.65 Å². The molecule has 74 valence electrons. The number of aryl methyl sites for hydroxylation is 1. The maximum atomic E-state index is 12.6. The Bertz CT molecular complexity index is 479. The molecule has 0 atom stereocenters. The highest BCUT2D eigenvalue weighted by Gasteiger charge is 2.17. The van der Waals surface area contributed by atoms with Crippen molar-refractivity contribution >= 4 is 17.2 Å². The summed E-state index contributed by atoms with van der Waals surface area (Å²) in [6.45, 7) is 1.56. The lowest BCUT2D eigenvalue weighted by molar-refractivity contribution is 0.144. The summed E-state index contributed by atoms with van der Waals surface area (Å²) in [5.74, 6) is 0. The van der Waals surface area contributed by atoms with Crippen molar-refractivity contribution in [2.24, 2.45) is 0 Å². The molecule has 0 saturated carbocycles. The van der Waals surface area contributed by atoms with Gasteiger partial charge in [0.15, 0.2) is 0 Å². The molecular formula is C9H7ClF2N2. The van der Waals surface area contributed by atoms with Gasteiger partial charge in [0.05, 0.1) is 10.7 Å². The topological polar surface area (TPSA) is 17.3 Å². The average Bonchev–Trinajstić information content (AvgIpc) is 2.40. The second kappa shape index (κ2) is 3.20. The van der Waals surface area contributed by atoms with E-state index in [0.717, 1.165) is 0 Å². The maximum absolute atomic E-state index is 12.6. The lowest BCUT2D eigenvalue weighted by Crippen LogP contribution is -1.94. The van der Waals surface area contributed by atoms with Crippen molar-refractivity contribution in [1.82, 2.24) is 9.38 Å². The SMILES string of the molecule is Cc1nc2ccc(Cl)cn2c1C(F)F. The van der Waals surface area contributed by atoms with E-state index in [9.17, 15) is 8.78 Å². The van der Waals surface area contributed by atoms with E-state index in [1.165, 1.54) is 10.6 Å². The minimum atomic E-state index is -2.54. The molecule has 2 nitrogen and oxygen atoms in total. The molecule has 2 aromatic rings. The molecular weight excluding hydrogens is 210 g/mol. The van der Waals surface area contributed by atoms with Crippen molar-refractivity contribution < 1.29 is 8.78 Å². The van der Waals surface area contributed by atoms with E-state index < -0.39 is 6.43 Å². The molecule has 0 radical (unpaired) electrons. The van der Waals surface area contributed by atoms with Crippen molar-refractivity contribution in [3.63, 3.8) is 0 Å². The smallest absolute Gasteiger partial charge is 0.280 e. The van der Waals surface area contributed by atoms with E-state index in [2.05, 4.69) is 4.98 Å². The van der Waals surface area contributed by atoms with Gasteiger partial charge in [-0.2, -0.15) is 0 Å². The molecule has 0 saturated heterocycles. The summed E-state index contributed by atoms with van der Waals surface area (Å²) in [4.78, 5) is 4.00. The second-order valence-electron chi connectivity index (χ2n) is 2.96. The molecule has 0 amide bonds. The number of alkyl halides is 2. The van der Waals surface area contributed by atoms with Crippen molar-refractivity contribution in [1.29, 1.82) is 0 Å². The van der Waals surface area contributed by atoms with Crippen LogP contribution in [0.5, 0.6) is 0 Å². The van der Waals surface area contributed by atoms with Crippen molar-refractivity contribution in [2.45, 2.75) is 13.3 Å². The number of halogens is 3. The quantitative estimate of drug-likeness (QED) is 0.715. The lowest BCUT2D eigenvalue weighted by Gasteiger charge is -2.00. The van der Waals surface area contributed by atoms with Crippen LogP contribution >= 0.6 is 11.6 Å². The number of fused-ring (bicyclic) bond motifs is 1. The highest BCUT2D eigenvalue weighted by atomic mass is 35.5. The first-order valence-electron chi connectivity index (χ1n) is 4.02. The Morgan fingerprint density at radius 1 is 1.43 bits per heavy atom. The molecule has 0 spiro atoms. The predicted octanol–water partition coefficient (Wildman–Crippen LogP) is 3.23. The zero-order valence-electron chi connectivity index (χ0n) is 7.34. The Labute approximate surface area is 84.1 Å². The van der Waals surface area contributed by atoms with Crippen LogP contribution in [0.2, 0.25) is 5.02 Å². The summed E-state index contributed by atoms with van der Waals surface area (Å²) < 4.78 is 26.6. The van der Waals surface area contributed by atoms with Gasteiger partial charge < -0.3 is 0 Å². The van der Waals surface area contributed by atoms with E-state index in [1.807, 2.05) is 0 Å². The molecule has 0 aliphatic carbocycles. The third kappa shape index (κ3) is 1.35. The fraction of sp³-hybridized carbons (Fsp3) is 0.222. The monoisotopic (exact) mass is 216 g/mol. The summed E-state index contributed by atoms with van der Waals surface area (Å²) in [7, 11) is 0. The number of nitrogens with zero attached hydrogens (tertiary/aromatic N) is 2. The van der Waals surface area contributed by atoms with Crippen LogP contribution < -0.4 is 0 Å². The van der Waals surface area contributed by atoms with E-state index in [-0.39, 0.29) is 5.69 Å². The van der Waals surface area contributed by atoms with Gasteiger partial charge in [-0.1, -0.05) is 11.6 Å². The Kier molecular flexibility index (Phi) is 2.15. The molecule has 2 aromatic heterocycles. The van der Waals surface area contributed by atoms with Gasteiger partial charge in [-0.15, -0.1) is 0 Å². The van der Waals surface area contributed by atoms with Crippen molar-refractivity contribution in [3.8, 4) is 0 Å². The summed E-state index contributed by atoms with van der Waals surface area (Å²) >= 11 is 5.71. The Balaban J connectivity index is 2.79. The molecule has 0 N–H and O–H groups in total. The standard InChI is InChI=1S/C9H7ClF2N2/c1-5-8(9(11)12)14-4-6(10)2-3-7(14)13-5/h2-4,9H,1H3. The summed E-state index contributed by atoms with van der Waals surface area (Å²) in [6.07, 6.45) is -1.10. The second-order valence-corrected chi connectivity index (χ2v) is 3.40. The van der Waals surface area contributed by atoms with Gasteiger partial charge in [0.2, 0.25) is 0 Å². The van der Waals surface area contributed by atoms with Crippen LogP contribution in [0.4, 0.5) is 8.78 Å². The zero-order chi connectivity index (χ0) is 10.3. The first-order chi connectivity index (χ1) is 6.59. The molecule has 0 aliphatic rings. The van der Waals surface area contributed by atoms with Crippen LogP contribution in [0.3, 0.4) is 0 Å². The highest BCUT2D eigenvalue weighted by Crippen LogP contribution is 2.24. The number of pyridine rings is 1. The molecule has 2 rings (SSSR count). The van der Waals surface area contributed by atoms with Gasteiger partial charge >= 0.3 is 0 Å². The van der Waals surface area contributed by atoms with Crippen LogP contribution in [-0.2, 0) is 0 Å². The largest absolute Gasteiger partial charge is 0.297 e. The molecule has 2 heterocycles. The Hall–Kier alpha value is -1.16. The first-order valence-corrected chi connectivity index (χ1v) is 4.39. The third-order valence-electron chi connectivity index (χ3n) is 2.01. The van der Waals surface area contributed by atoms with Gasteiger partial charge in [-0.3, -0.25) is 4.40 Å². The van der Waals surface area contributed by atoms with E-state index in [0.29, 0.717) is 16.4 Å². The van der Waals surface area contributed by atoms with Gasteiger partial charge in [-0.25, -0.2) is 13.8 Å². The van der Waals surface area contributed by atoms with E-state index in [1.54, 1.807) is 19.1 Å². The van der Waals surface area contributed by atoms with Crippen LogP contribution in [0.15, 0.2) is 18.3 Å². The maximum Gasteiger partial charge on any atom is 0.280 e. The predicted molar refractivity (Wildman–Crippen MR) is 49.9 cm³/mol. The summed E-state index contributed by atoms with van der Waals surface area (Å²) in [5, 5.41) is 0.414. The highest BCUT2D eigenvalue weighted by molar-refractivity contribution is 6.30. The van der Waals surface area contributed by atoms with Crippen LogP contribution in [0.1, 0.15) is 17.8 Å². The molecule has 14 heavy (non-hydrogen) atoms. The molecule has 0 bridgehead atoms. The number of hydrogen-bond donors (Lipinski definition) is 0. The van der Waals surface area contributed by atoms with Crippen molar-refractivity contribution in [3.05, 3.63) is 34.7 Å². The van der Waals surface area contributed by atoms with E-state index in [4.69, 9.17) is 11.6 Å². The fourth-order valence-electron chi connectivity index (χ4n) is 1.42. The van der Waals surface area contributed by atoms with Gasteiger partial charge in [0, 0.05) is 6.20 Å². The van der Waals surface area contributed by atoms with E-state index >= 15 is 0 Å². The van der Waals surface area contributed by atoms with Crippen LogP contribution in [-0.4, -0.2) is 9.38 Å². The van der Waals surface area contributed by atoms with Gasteiger partial charge in [0.1, 0.15) is 11.3 Å². The average molecular weight is 217 g/mol. The van der Waals surface area contributed by atoms with Crippen LogP contribution in [0, 0.1) is 6.92 Å². The number of rotatable bonds is 1. The summed E-state index contributed by atoms with van der Waals surface area (Å²) in [5.41, 5.74) is 0.729. The number of aromatic nitrogens is 2.